The summed E-state index contributed by atoms with van der Waals surface area (Å²) in [5.74, 6) is 0. The summed E-state index contributed by atoms with van der Waals surface area (Å²) in [5.41, 5.74) is 2.59. The summed E-state index contributed by atoms with van der Waals surface area (Å²) < 4.78 is 29.5. The SMILES string of the molecule is Cc1ccc(NC(O)c2sccc2C)c(S(=O)(=O)Nc2ccc(I)cc2)c1. The number of hydrogen-bond acceptors (Lipinski definition) is 5. The molecule has 1 atom stereocenters. The molecule has 2 aromatic carbocycles. The normalized spacial score (nSPS) is 12.6. The van der Waals surface area contributed by atoms with Crippen molar-refractivity contribution in [1.82, 2.24) is 0 Å². The van der Waals surface area contributed by atoms with Gasteiger partial charge in [-0.05, 0) is 95.4 Å². The predicted octanol–water partition coefficient (Wildman–Crippen LogP) is 4.87. The van der Waals surface area contributed by atoms with Gasteiger partial charge < -0.3 is 10.4 Å². The molecular weight excluding hydrogens is 495 g/mol. The Hall–Kier alpha value is -1.62. The first-order valence-electron chi connectivity index (χ1n) is 8.14. The van der Waals surface area contributed by atoms with E-state index in [1.54, 1.807) is 30.3 Å². The second-order valence-corrected chi connectivity index (χ2v) is 9.97. The van der Waals surface area contributed by atoms with Gasteiger partial charge in [0, 0.05) is 9.26 Å². The molecule has 1 unspecified atom stereocenters. The van der Waals surface area contributed by atoms with Crippen LogP contribution in [0.25, 0.3) is 0 Å². The number of aryl methyl sites for hydroxylation is 2. The van der Waals surface area contributed by atoms with E-state index in [0.29, 0.717) is 11.4 Å². The van der Waals surface area contributed by atoms with Crippen LogP contribution in [0.2, 0.25) is 0 Å². The Morgan fingerprint density at radius 1 is 1.07 bits per heavy atom. The van der Waals surface area contributed by atoms with Gasteiger partial charge in [0.1, 0.15) is 4.90 Å². The highest BCUT2D eigenvalue weighted by Crippen LogP contribution is 2.30. The Bertz CT molecular complexity index is 1050. The minimum Gasteiger partial charge on any atom is -0.369 e. The van der Waals surface area contributed by atoms with Crippen LogP contribution in [0.4, 0.5) is 11.4 Å². The highest BCUT2D eigenvalue weighted by molar-refractivity contribution is 14.1. The first kappa shape index (κ1) is 20.1. The molecule has 0 aliphatic heterocycles. The maximum Gasteiger partial charge on any atom is 0.263 e. The molecule has 0 saturated carbocycles. The van der Waals surface area contributed by atoms with Gasteiger partial charge in [0.2, 0.25) is 0 Å². The molecule has 0 aliphatic rings. The Balaban J connectivity index is 1.93. The van der Waals surface area contributed by atoms with Crippen molar-refractivity contribution in [2.45, 2.75) is 25.0 Å². The number of nitrogens with one attached hydrogen (secondary N) is 2. The van der Waals surface area contributed by atoms with Crippen molar-refractivity contribution in [3.63, 3.8) is 0 Å². The van der Waals surface area contributed by atoms with Crippen LogP contribution in [-0.4, -0.2) is 13.5 Å². The Labute approximate surface area is 176 Å². The van der Waals surface area contributed by atoms with Crippen LogP contribution in [-0.2, 0) is 10.0 Å². The fourth-order valence-corrected chi connectivity index (χ4v) is 5.11. The van der Waals surface area contributed by atoms with Gasteiger partial charge in [0.25, 0.3) is 10.0 Å². The number of benzene rings is 2. The van der Waals surface area contributed by atoms with Crippen LogP contribution in [0, 0.1) is 17.4 Å². The van der Waals surface area contributed by atoms with E-state index >= 15 is 0 Å². The highest BCUT2D eigenvalue weighted by atomic mass is 127. The average molecular weight is 514 g/mol. The van der Waals surface area contributed by atoms with Gasteiger partial charge in [-0.3, -0.25) is 4.72 Å². The second-order valence-electron chi connectivity index (χ2n) is 6.13. The fraction of sp³-hybridized carbons (Fsp3) is 0.158. The van der Waals surface area contributed by atoms with Gasteiger partial charge in [0.05, 0.1) is 10.6 Å². The summed E-state index contributed by atoms with van der Waals surface area (Å²) in [6, 6.07) is 14.1. The van der Waals surface area contributed by atoms with Crippen LogP contribution in [0.1, 0.15) is 22.2 Å². The lowest BCUT2D eigenvalue weighted by atomic mass is 10.2. The third-order valence-electron chi connectivity index (χ3n) is 3.97. The summed E-state index contributed by atoms with van der Waals surface area (Å²) in [7, 11) is -3.83. The van der Waals surface area contributed by atoms with E-state index in [-0.39, 0.29) is 4.90 Å². The first-order chi connectivity index (χ1) is 12.8. The van der Waals surface area contributed by atoms with Gasteiger partial charge in [0.15, 0.2) is 6.23 Å². The molecule has 0 aliphatic carbocycles. The fourth-order valence-electron chi connectivity index (χ4n) is 2.58. The molecule has 3 rings (SSSR count). The summed E-state index contributed by atoms with van der Waals surface area (Å²) >= 11 is 3.58. The van der Waals surface area contributed by atoms with E-state index in [4.69, 9.17) is 0 Å². The van der Waals surface area contributed by atoms with Crippen molar-refractivity contribution in [2.24, 2.45) is 0 Å². The molecule has 1 heterocycles. The minimum atomic E-state index is -3.83. The number of aliphatic hydroxyl groups excluding tert-OH is 1. The van der Waals surface area contributed by atoms with Gasteiger partial charge >= 0.3 is 0 Å². The zero-order valence-electron chi connectivity index (χ0n) is 14.7. The zero-order valence-corrected chi connectivity index (χ0v) is 18.5. The molecule has 3 aromatic rings. The van der Waals surface area contributed by atoms with Crippen LogP contribution in [0.3, 0.4) is 0 Å². The molecule has 0 fully saturated rings. The summed E-state index contributed by atoms with van der Waals surface area (Å²) in [6.45, 7) is 3.73. The van der Waals surface area contributed by atoms with Crippen molar-refractivity contribution in [3.05, 3.63) is 73.5 Å². The Morgan fingerprint density at radius 2 is 1.78 bits per heavy atom. The smallest absolute Gasteiger partial charge is 0.263 e. The van der Waals surface area contributed by atoms with Crippen molar-refractivity contribution in [2.75, 3.05) is 10.0 Å². The van der Waals surface area contributed by atoms with E-state index in [2.05, 4.69) is 32.6 Å². The predicted molar refractivity (Wildman–Crippen MR) is 119 cm³/mol. The molecular formula is C19H19IN2O3S2. The molecule has 142 valence electrons. The van der Waals surface area contributed by atoms with Crippen LogP contribution in [0.15, 0.2) is 58.8 Å². The third kappa shape index (κ3) is 4.81. The highest BCUT2D eigenvalue weighted by Gasteiger charge is 2.21. The quantitative estimate of drug-likeness (QED) is 0.324. The Morgan fingerprint density at radius 3 is 2.41 bits per heavy atom. The standard InChI is InChI=1S/C19H19IN2O3S2/c1-12-3-8-16(21-19(23)18-13(2)9-10-26-18)17(11-12)27(24,25)22-15-6-4-14(20)5-7-15/h3-11,19,21-23H,1-2H3. The molecule has 5 nitrogen and oxygen atoms in total. The van der Waals surface area contributed by atoms with Crippen molar-refractivity contribution >= 4 is 55.3 Å². The van der Waals surface area contributed by atoms with Crippen molar-refractivity contribution < 1.29 is 13.5 Å². The van der Waals surface area contributed by atoms with E-state index in [1.165, 1.54) is 11.3 Å². The third-order valence-corrected chi connectivity index (χ3v) is 7.18. The number of thiophene rings is 1. The van der Waals surface area contributed by atoms with Gasteiger partial charge in [-0.25, -0.2) is 8.42 Å². The molecule has 0 saturated heterocycles. The van der Waals surface area contributed by atoms with Crippen LogP contribution < -0.4 is 10.0 Å². The van der Waals surface area contributed by atoms with E-state index in [9.17, 15) is 13.5 Å². The number of rotatable bonds is 6. The molecule has 0 spiro atoms. The summed E-state index contributed by atoms with van der Waals surface area (Å²) in [4.78, 5) is 0.846. The molecule has 0 amide bonds. The molecule has 0 bridgehead atoms. The van der Waals surface area contributed by atoms with Crippen LogP contribution >= 0.6 is 33.9 Å². The number of hydrogen-bond donors (Lipinski definition) is 3. The maximum absolute atomic E-state index is 13.0. The lowest BCUT2D eigenvalue weighted by molar-refractivity contribution is 0.211. The lowest BCUT2D eigenvalue weighted by Gasteiger charge is -2.18. The zero-order chi connectivity index (χ0) is 19.6. The Kier molecular flexibility index (Phi) is 6.09. The van der Waals surface area contributed by atoms with Gasteiger partial charge in [-0.15, -0.1) is 11.3 Å². The van der Waals surface area contributed by atoms with Gasteiger partial charge in [-0.2, -0.15) is 0 Å². The molecule has 27 heavy (non-hydrogen) atoms. The molecule has 0 radical (unpaired) electrons. The molecule has 8 heteroatoms. The van der Waals surface area contributed by atoms with E-state index in [0.717, 1.165) is 19.6 Å². The van der Waals surface area contributed by atoms with Gasteiger partial charge in [-0.1, -0.05) is 6.07 Å². The first-order valence-corrected chi connectivity index (χ1v) is 11.6. The number of halogens is 1. The van der Waals surface area contributed by atoms with Crippen molar-refractivity contribution in [3.8, 4) is 0 Å². The summed E-state index contributed by atoms with van der Waals surface area (Å²) in [5, 5.41) is 15.3. The monoisotopic (exact) mass is 514 g/mol. The number of sulfonamides is 1. The van der Waals surface area contributed by atoms with Crippen LogP contribution in [0.5, 0.6) is 0 Å². The average Bonchev–Trinajstić information content (AvgIpc) is 3.04. The van der Waals surface area contributed by atoms with Crippen molar-refractivity contribution in [1.29, 1.82) is 0 Å². The molecule has 3 N–H and O–H groups in total. The van der Waals surface area contributed by atoms with E-state index < -0.39 is 16.3 Å². The maximum atomic E-state index is 13.0. The van der Waals surface area contributed by atoms with E-state index in [1.807, 2.05) is 37.4 Å². The molecule has 1 aromatic heterocycles. The minimum absolute atomic E-state index is 0.0920. The summed E-state index contributed by atoms with van der Waals surface area (Å²) in [6.07, 6.45) is -0.986. The second kappa shape index (κ2) is 8.17. The lowest BCUT2D eigenvalue weighted by Crippen LogP contribution is -2.17. The number of aliphatic hydroxyl groups is 1. The largest absolute Gasteiger partial charge is 0.369 e. The number of anilines is 2. The topological polar surface area (TPSA) is 78.4 Å².